The van der Waals surface area contributed by atoms with Crippen LogP contribution in [0.1, 0.15) is 48.7 Å². The molecule has 0 aromatic heterocycles. The van der Waals surface area contributed by atoms with Crippen molar-refractivity contribution in [2.75, 3.05) is 20.3 Å². The summed E-state index contributed by atoms with van der Waals surface area (Å²) in [7, 11) is -2.47. The second kappa shape index (κ2) is 9.28. The number of methoxy groups -OCH3 is 1. The van der Waals surface area contributed by atoms with Crippen LogP contribution in [0.5, 0.6) is 11.5 Å². The minimum Gasteiger partial charge on any atom is -0.495 e. The van der Waals surface area contributed by atoms with E-state index in [-0.39, 0.29) is 22.1 Å². The van der Waals surface area contributed by atoms with Gasteiger partial charge in [-0.25, -0.2) is 13.1 Å². The van der Waals surface area contributed by atoms with E-state index in [1.165, 1.54) is 42.9 Å². The molecule has 0 radical (unpaired) electrons. The van der Waals surface area contributed by atoms with Crippen molar-refractivity contribution in [3.8, 4) is 11.5 Å². The number of aryl methyl sites for hydroxylation is 2. The van der Waals surface area contributed by atoms with Gasteiger partial charge in [0.15, 0.2) is 0 Å². The van der Waals surface area contributed by atoms with Crippen LogP contribution in [0.2, 0.25) is 0 Å². The first-order chi connectivity index (χ1) is 14.6. The monoisotopic (exact) mass is 446 g/mol. The molecule has 0 heterocycles. The normalized spacial score (nSPS) is 13.5. The Morgan fingerprint density at radius 3 is 2.52 bits per heavy atom. The van der Waals surface area contributed by atoms with E-state index < -0.39 is 15.6 Å². The highest BCUT2D eigenvalue weighted by Gasteiger charge is 2.26. The molecule has 2 aromatic rings. The molecule has 0 unspecified atom stereocenters. The lowest BCUT2D eigenvalue weighted by molar-refractivity contribution is 0.0946. The van der Waals surface area contributed by atoms with Crippen molar-refractivity contribution in [3.05, 3.63) is 53.1 Å². The van der Waals surface area contributed by atoms with Crippen LogP contribution >= 0.6 is 0 Å². The van der Waals surface area contributed by atoms with E-state index in [2.05, 4.69) is 22.2 Å². The zero-order valence-electron chi connectivity index (χ0n) is 18.4. The number of hydrogen-bond donors (Lipinski definition) is 2. The smallest absolute Gasteiger partial charge is 0.251 e. The van der Waals surface area contributed by atoms with Crippen LogP contribution in [0.15, 0.2) is 41.3 Å². The van der Waals surface area contributed by atoms with Crippen LogP contribution in [0.3, 0.4) is 0 Å². The molecule has 2 N–H and O–H groups in total. The zero-order valence-corrected chi connectivity index (χ0v) is 19.3. The molecule has 0 atom stereocenters. The van der Waals surface area contributed by atoms with Gasteiger partial charge in [0.2, 0.25) is 10.0 Å². The summed E-state index contributed by atoms with van der Waals surface area (Å²) in [6, 6.07) is 10.4. The van der Waals surface area contributed by atoms with Crippen LogP contribution in [0.25, 0.3) is 0 Å². The van der Waals surface area contributed by atoms with Crippen molar-refractivity contribution >= 4 is 15.9 Å². The van der Waals surface area contributed by atoms with Gasteiger partial charge in [-0.15, -0.1) is 0 Å². The fourth-order valence-electron chi connectivity index (χ4n) is 3.56. The third kappa shape index (κ3) is 5.98. The lowest BCUT2D eigenvalue weighted by Gasteiger charge is -2.21. The summed E-state index contributed by atoms with van der Waals surface area (Å²) >= 11 is 0. The number of carbonyl (C=O) groups excluding carboxylic acids is 1. The molecule has 7 nitrogen and oxygen atoms in total. The van der Waals surface area contributed by atoms with E-state index in [0.717, 1.165) is 18.6 Å². The Labute approximate surface area is 184 Å². The van der Waals surface area contributed by atoms with E-state index in [4.69, 9.17) is 9.47 Å². The quantitative estimate of drug-likeness (QED) is 0.608. The highest BCUT2D eigenvalue weighted by molar-refractivity contribution is 7.89. The molecular weight excluding hydrogens is 416 g/mol. The van der Waals surface area contributed by atoms with Gasteiger partial charge in [0, 0.05) is 11.1 Å². The second-order valence-corrected chi connectivity index (χ2v) is 10.3. The van der Waals surface area contributed by atoms with Gasteiger partial charge in [-0.1, -0.05) is 6.07 Å². The third-order valence-corrected chi connectivity index (χ3v) is 6.66. The second-order valence-electron chi connectivity index (χ2n) is 8.61. The Bertz CT molecular complexity index is 1060. The molecule has 0 fully saturated rings. The number of hydrogen-bond acceptors (Lipinski definition) is 5. The first kappa shape index (κ1) is 23.1. The predicted octanol–water partition coefficient (Wildman–Crippen LogP) is 3.07. The highest BCUT2D eigenvalue weighted by Crippen LogP contribution is 2.27. The van der Waals surface area contributed by atoms with Gasteiger partial charge in [-0.3, -0.25) is 4.79 Å². The number of ether oxygens (including phenoxy) is 2. The maximum absolute atomic E-state index is 12.8. The van der Waals surface area contributed by atoms with Gasteiger partial charge in [0.25, 0.3) is 5.91 Å². The van der Waals surface area contributed by atoms with E-state index in [1.54, 1.807) is 20.8 Å². The Morgan fingerprint density at radius 1 is 1.06 bits per heavy atom. The molecule has 1 aliphatic carbocycles. The Hall–Kier alpha value is -2.58. The highest BCUT2D eigenvalue weighted by atomic mass is 32.2. The summed E-state index contributed by atoms with van der Waals surface area (Å²) in [5.74, 6) is 0.585. The predicted molar refractivity (Wildman–Crippen MR) is 119 cm³/mol. The van der Waals surface area contributed by atoms with Crippen LogP contribution in [0, 0.1) is 0 Å². The van der Waals surface area contributed by atoms with Crippen molar-refractivity contribution < 1.29 is 22.7 Å². The summed E-state index contributed by atoms with van der Waals surface area (Å²) < 4.78 is 39.0. The summed E-state index contributed by atoms with van der Waals surface area (Å²) in [6.07, 6.45) is 3.38. The maximum Gasteiger partial charge on any atom is 0.251 e. The molecule has 168 valence electrons. The third-order valence-electron chi connectivity index (χ3n) is 4.88. The van der Waals surface area contributed by atoms with Gasteiger partial charge in [-0.2, -0.15) is 0 Å². The van der Waals surface area contributed by atoms with Crippen molar-refractivity contribution in [1.29, 1.82) is 0 Å². The Kier molecular flexibility index (Phi) is 6.91. The van der Waals surface area contributed by atoms with Gasteiger partial charge in [-0.05, 0) is 81.5 Å². The molecule has 31 heavy (non-hydrogen) atoms. The maximum atomic E-state index is 12.8. The first-order valence-corrected chi connectivity index (χ1v) is 11.8. The standard InChI is InChI=1S/C23H30N2O5S/c1-23(2,3)25-31(27,28)21-15-18(9-11-20(21)29-4)22(26)24-12-13-30-19-10-8-16-6-5-7-17(16)14-19/h8-11,14-15,25H,5-7,12-13H2,1-4H3,(H,24,26). The molecule has 8 heteroatoms. The number of fused-ring (bicyclic) bond motifs is 1. The minimum absolute atomic E-state index is 0.0769. The number of rotatable bonds is 8. The Morgan fingerprint density at radius 2 is 1.81 bits per heavy atom. The Balaban J connectivity index is 1.62. The number of amides is 1. The summed E-state index contributed by atoms with van der Waals surface area (Å²) in [4.78, 5) is 12.5. The van der Waals surface area contributed by atoms with E-state index in [1.807, 2.05) is 6.07 Å². The van der Waals surface area contributed by atoms with Crippen molar-refractivity contribution in [2.24, 2.45) is 0 Å². The summed E-state index contributed by atoms with van der Waals surface area (Å²) in [5.41, 5.74) is 2.27. The number of benzene rings is 2. The molecule has 0 saturated heterocycles. The number of nitrogens with one attached hydrogen (secondary N) is 2. The van der Waals surface area contributed by atoms with Gasteiger partial charge in [0.05, 0.1) is 13.7 Å². The van der Waals surface area contributed by atoms with E-state index in [9.17, 15) is 13.2 Å². The van der Waals surface area contributed by atoms with Crippen LogP contribution in [-0.4, -0.2) is 40.1 Å². The van der Waals surface area contributed by atoms with Gasteiger partial charge < -0.3 is 14.8 Å². The summed E-state index contributed by atoms with van der Waals surface area (Å²) in [6.45, 7) is 5.85. The van der Waals surface area contributed by atoms with Crippen molar-refractivity contribution in [1.82, 2.24) is 10.0 Å². The van der Waals surface area contributed by atoms with Crippen LogP contribution in [-0.2, 0) is 22.9 Å². The fraction of sp³-hybridized carbons (Fsp3) is 0.435. The largest absolute Gasteiger partial charge is 0.495 e. The average Bonchev–Trinajstić information content (AvgIpc) is 3.16. The molecule has 1 amide bonds. The molecule has 3 rings (SSSR count). The topological polar surface area (TPSA) is 93.7 Å². The molecule has 0 spiro atoms. The number of carbonyl (C=O) groups is 1. The van der Waals surface area contributed by atoms with Crippen LogP contribution < -0.4 is 19.5 Å². The lowest BCUT2D eigenvalue weighted by atomic mass is 10.1. The molecule has 0 bridgehead atoms. The lowest BCUT2D eigenvalue weighted by Crippen LogP contribution is -2.40. The van der Waals surface area contributed by atoms with Crippen LogP contribution in [0.4, 0.5) is 0 Å². The fourth-order valence-corrected chi connectivity index (χ4v) is 5.17. The van der Waals surface area contributed by atoms with Crippen molar-refractivity contribution in [3.63, 3.8) is 0 Å². The molecule has 0 aliphatic heterocycles. The molecular formula is C23H30N2O5S. The molecule has 1 aliphatic rings. The summed E-state index contributed by atoms with van der Waals surface area (Å²) in [5, 5.41) is 2.77. The molecule has 0 saturated carbocycles. The first-order valence-electron chi connectivity index (χ1n) is 10.3. The van der Waals surface area contributed by atoms with E-state index in [0.29, 0.717) is 13.2 Å². The van der Waals surface area contributed by atoms with Gasteiger partial charge >= 0.3 is 0 Å². The SMILES string of the molecule is COc1ccc(C(=O)NCCOc2ccc3c(c2)CCC3)cc1S(=O)(=O)NC(C)(C)C. The zero-order chi connectivity index (χ0) is 22.6. The molecule has 2 aromatic carbocycles. The average molecular weight is 447 g/mol. The number of sulfonamides is 1. The van der Waals surface area contributed by atoms with E-state index >= 15 is 0 Å². The van der Waals surface area contributed by atoms with Gasteiger partial charge in [0.1, 0.15) is 23.0 Å². The van der Waals surface area contributed by atoms with Crippen molar-refractivity contribution in [2.45, 2.75) is 50.5 Å². The minimum atomic E-state index is -3.86.